The molecule has 1 aromatic heterocycles. The van der Waals surface area contributed by atoms with Gasteiger partial charge in [-0.3, -0.25) is 4.79 Å². The molecule has 1 atom stereocenters. The molecule has 1 aromatic rings. The predicted molar refractivity (Wildman–Crippen MR) is 72.1 cm³/mol. The smallest absolute Gasteiger partial charge is 0.220 e. The van der Waals surface area contributed by atoms with Crippen molar-refractivity contribution in [1.29, 1.82) is 0 Å². The van der Waals surface area contributed by atoms with Gasteiger partial charge in [0.2, 0.25) is 5.91 Å². The molecular weight excluding hydrogens is 228 g/mol. The molecule has 0 aliphatic heterocycles. The van der Waals surface area contributed by atoms with Gasteiger partial charge in [0.15, 0.2) is 0 Å². The third-order valence-corrected chi connectivity index (χ3v) is 2.73. The fraction of sp³-hybridized carbons (Fsp3) is 0.692. The first-order chi connectivity index (χ1) is 8.63. The van der Waals surface area contributed by atoms with Crippen molar-refractivity contribution in [3.05, 3.63) is 18.2 Å². The van der Waals surface area contributed by atoms with Gasteiger partial charge in [0.25, 0.3) is 0 Å². The van der Waals surface area contributed by atoms with Gasteiger partial charge in [-0.05, 0) is 19.4 Å². The molecule has 0 aliphatic rings. The number of carbonyl (C=O) groups excluding carboxylic acids is 1. The van der Waals surface area contributed by atoms with Crippen LogP contribution in [0.3, 0.4) is 0 Å². The number of imidazole rings is 1. The summed E-state index contributed by atoms with van der Waals surface area (Å²) in [7, 11) is 0. The molecule has 0 radical (unpaired) electrons. The van der Waals surface area contributed by atoms with E-state index in [9.17, 15) is 4.79 Å². The van der Waals surface area contributed by atoms with Gasteiger partial charge < -0.3 is 15.6 Å². The fourth-order valence-corrected chi connectivity index (χ4v) is 1.74. The number of hydrogen-bond acceptors (Lipinski definition) is 3. The summed E-state index contributed by atoms with van der Waals surface area (Å²) >= 11 is 0. The second kappa shape index (κ2) is 7.87. The zero-order valence-corrected chi connectivity index (χ0v) is 11.5. The van der Waals surface area contributed by atoms with Gasteiger partial charge >= 0.3 is 0 Å². The number of H-pyrrole nitrogens is 1. The van der Waals surface area contributed by atoms with Crippen LogP contribution in [0.2, 0.25) is 0 Å². The lowest BCUT2D eigenvalue weighted by atomic mass is 10.2. The lowest BCUT2D eigenvalue weighted by molar-refractivity contribution is -0.122. The van der Waals surface area contributed by atoms with Crippen molar-refractivity contribution < 1.29 is 4.79 Å². The van der Waals surface area contributed by atoms with Gasteiger partial charge in [-0.25, -0.2) is 4.98 Å². The summed E-state index contributed by atoms with van der Waals surface area (Å²) < 4.78 is 0. The Morgan fingerprint density at radius 2 is 2.28 bits per heavy atom. The van der Waals surface area contributed by atoms with Crippen LogP contribution < -0.4 is 10.6 Å². The molecule has 1 heterocycles. The van der Waals surface area contributed by atoms with Crippen LogP contribution in [0.15, 0.2) is 12.4 Å². The number of nitrogens with zero attached hydrogens (tertiary/aromatic N) is 1. The molecule has 1 rings (SSSR count). The number of nitrogens with one attached hydrogen (secondary N) is 3. The van der Waals surface area contributed by atoms with Crippen molar-refractivity contribution >= 4 is 5.91 Å². The highest BCUT2D eigenvalue weighted by atomic mass is 16.1. The maximum Gasteiger partial charge on any atom is 0.220 e. The molecule has 0 aliphatic carbocycles. The minimum Gasteiger partial charge on any atom is -0.347 e. The van der Waals surface area contributed by atoms with E-state index in [1.807, 2.05) is 6.92 Å². The summed E-state index contributed by atoms with van der Waals surface area (Å²) in [5.74, 6) is 0.912. The number of hydrogen-bond donors (Lipinski definition) is 3. The van der Waals surface area contributed by atoms with Crippen molar-refractivity contribution in [3.8, 4) is 0 Å². The van der Waals surface area contributed by atoms with Gasteiger partial charge in [-0.2, -0.15) is 0 Å². The minimum absolute atomic E-state index is 0.00874. The van der Waals surface area contributed by atoms with E-state index in [1.54, 1.807) is 12.4 Å². The number of carbonyl (C=O) groups is 1. The second-order valence-electron chi connectivity index (χ2n) is 4.72. The number of amides is 1. The Balaban J connectivity index is 2.26. The Morgan fingerprint density at radius 1 is 1.50 bits per heavy atom. The van der Waals surface area contributed by atoms with Gasteiger partial charge in [0.1, 0.15) is 5.82 Å². The third kappa shape index (κ3) is 5.31. The molecule has 0 bridgehead atoms. The molecular formula is C13H24N4O. The topological polar surface area (TPSA) is 69.8 Å². The first kappa shape index (κ1) is 14.7. The van der Waals surface area contributed by atoms with Gasteiger partial charge in [0.05, 0.1) is 6.04 Å². The lowest BCUT2D eigenvalue weighted by Gasteiger charge is -2.15. The van der Waals surface area contributed by atoms with Crippen LogP contribution in [0.5, 0.6) is 0 Å². The zero-order chi connectivity index (χ0) is 13.4. The average Bonchev–Trinajstić information content (AvgIpc) is 2.85. The maximum atomic E-state index is 11.8. The van der Waals surface area contributed by atoms with Crippen molar-refractivity contribution in [3.63, 3.8) is 0 Å². The van der Waals surface area contributed by atoms with Crippen LogP contribution in [0.4, 0.5) is 0 Å². The van der Waals surface area contributed by atoms with E-state index in [0.717, 1.165) is 25.2 Å². The molecule has 0 aromatic carbocycles. The molecule has 1 amide bonds. The monoisotopic (exact) mass is 252 g/mol. The van der Waals surface area contributed by atoms with Crippen molar-refractivity contribution in [2.75, 3.05) is 6.54 Å². The Hall–Kier alpha value is -1.36. The summed E-state index contributed by atoms with van der Waals surface area (Å²) in [6.45, 7) is 7.12. The quantitative estimate of drug-likeness (QED) is 0.617. The van der Waals surface area contributed by atoms with Gasteiger partial charge in [-0.1, -0.05) is 20.8 Å². The summed E-state index contributed by atoms with van der Waals surface area (Å²) in [6, 6.07) is 0.463. The standard InChI is InChI=1S/C13H24N4O/c1-4-11(13-15-8-9-16-13)17-12(18)6-5-7-14-10(2)3/h8-11,14H,4-7H2,1-3H3,(H,15,16)(H,17,18). The Labute approximate surface area is 109 Å². The normalized spacial score (nSPS) is 12.7. The molecule has 5 heteroatoms. The van der Waals surface area contributed by atoms with Gasteiger partial charge in [-0.15, -0.1) is 0 Å². The fourth-order valence-electron chi connectivity index (χ4n) is 1.74. The summed E-state index contributed by atoms with van der Waals surface area (Å²) in [5, 5.41) is 6.29. The minimum atomic E-state index is -0.00874. The maximum absolute atomic E-state index is 11.8. The van der Waals surface area contributed by atoms with E-state index in [2.05, 4.69) is 34.4 Å². The van der Waals surface area contributed by atoms with E-state index >= 15 is 0 Å². The van der Waals surface area contributed by atoms with E-state index in [4.69, 9.17) is 0 Å². The molecule has 0 fully saturated rings. The van der Waals surface area contributed by atoms with Crippen LogP contribution in [0.25, 0.3) is 0 Å². The van der Waals surface area contributed by atoms with Crippen molar-refractivity contribution in [2.45, 2.75) is 52.1 Å². The van der Waals surface area contributed by atoms with Crippen LogP contribution >= 0.6 is 0 Å². The molecule has 3 N–H and O–H groups in total. The van der Waals surface area contributed by atoms with E-state index < -0.39 is 0 Å². The van der Waals surface area contributed by atoms with Crippen LogP contribution in [0, 0.1) is 0 Å². The highest BCUT2D eigenvalue weighted by Gasteiger charge is 2.14. The number of aromatic nitrogens is 2. The summed E-state index contributed by atoms with van der Waals surface area (Å²) in [5.41, 5.74) is 0. The third-order valence-electron chi connectivity index (χ3n) is 2.73. The van der Waals surface area contributed by atoms with Crippen molar-refractivity contribution in [1.82, 2.24) is 20.6 Å². The molecule has 1 unspecified atom stereocenters. The lowest BCUT2D eigenvalue weighted by Crippen LogP contribution is -2.30. The summed E-state index contributed by atoms with van der Waals surface area (Å²) in [6.07, 6.45) is 5.73. The Bertz CT molecular complexity index is 335. The molecule has 18 heavy (non-hydrogen) atoms. The molecule has 0 saturated heterocycles. The number of aromatic amines is 1. The highest BCUT2D eigenvalue weighted by molar-refractivity contribution is 5.76. The van der Waals surface area contributed by atoms with Crippen LogP contribution in [-0.4, -0.2) is 28.5 Å². The van der Waals surface area contributed by atoms with Gasteiger partial charge in [0, 0.05) is 24.9 Å². The van der Waals surface area contributed by atoms with Crippen LogP contribution in [-0.2, 0) is 4.79 Å². The first-order valence-corrected chi connectivity index (χ1v) is 6.65. The molecule has 0 spiro atoms. The zero-order valence-electron chi connectivity index (χ0n) is 11.5. The highest BCUT2D eigenvalue weighted by Crippen LogP contribution is 2.11. The first-order valence-electron chi connectivity index (χ1n) is 6.65. The number of rotatable bonds is 8. The average molecular weight is 252 g/mol. The predicted octanol–water partition coefficient (Wildman–Crippen LogP) is 1.76. The molecule has 0 saturated carbocycles. The molecule has 5 nitrogen and oxygen atoms in total. The van der Waals surface area contributed by atoms with Crippen molar-refractivity contribution in [2.24, 2.45) is 0 Å². The van der Waals surface area contributed by atoms with E-state index in [-0.39, 0.29) is 11.9 Å². The Morgan fingerprint density at radius 3 is 2.83 bits per heavy atom. The molecule has 102 valence electrons. The van der Waals surface area contributed by atoms with E-state index in [1.165, 1.54) is 0 Å². The summed E-state index contributed by atoms with van der Waals surface area (Å²) in [4.78, 5) is 19.0. The Kier molecular flexibility index (Phi) is 6.43. The van der Waals surface area contributed by atoms with Crippen LogP contribution in [0.1, 0.15) is 51.9 Å². The largest absolute Gasteiger partial charge is 0.347 e. The second-order valence-corrected chi connectivity index (χ2v) is 4.72. The van der Waals surface area contributed by atoms with E-state index in [0.29, 0.717) is 12.5 Å². The SMILES string of the molecule is CCC(NC(=O)CCCNC(C)C)c1ncc[nH]1.